The van der Waals surface area contributed by atoms with Crippen LogP contribution >= 0.6 is 0 Å². The van der Waals surface area contributed by atoms with Crippen LogP contribution in [0.2, 0.25) is 0 Å². The quantitative estimate of drug-likeness (QED) is 0.850. The van der Waals surface area contributed by atoms with Gasteiger partial charge in [0, 0.05) is 26.2 Å². The normalized spacial score (nSPS) is 16.1. The van der Waals surface area contributed by atoms with E-state index in [1.807, 2.05) is 18.2 Å². The highest BCUT2D eigenvalue weighted by molar-refractivity contribution is 5.83. The summed E-state index contributed by atoms with van der Waals surface area (Å²) in [5.74, 6) is 0. The first-order valence-electron chi connectivity index (χ1n) is 7.30. The van der Waals surface area contributed by atoms with E-state index in [4.69, 9.17) is 4.74 Å². The van der Waals surface area contributed by atoms with Crippen molar-refractivity contribution in [2.45, 2.75) is 6.61 Å². The zero-order chi connectivity index (χ0) is 14.7. The number of amides is 1. The summed E-state index contributed by atoms with van der Waals surface area (Å²) >= 11 is 0. The van der Waals surface area contributed by atoms with E-state index in [2.05, 4.69) is 36.2 Å². The van der Waals surface area contributed by atoms with E-state index >= 15 is 0 Å². The van der Waals surface area contributed by atoms with Gasteiger partial charge < -0.3 is 14.5 Å². The van der Waals surface area contributed by atoms with Crippen molar-refractivity contribution < 1.29 is 9.53 Å². The molecule has 110 valence electrons. The number of likely N-dealkylation sites (N-methyl/N-ethyl adjacent to an activating group) is 1. The number of carbonyl (C=O) groups is 1. The second-order valence-corrected chi connectivity index (χ2v) is 5.53. The molecule has 4 heteroatoms. The molecule has 1 heterocycles. The summed E-state index contributed by atoms with van der Waals surface area (Å²) < 4.78 is 5.42. The molecule has 1 aliphatic heterocycles. The second kappa shape index (κ2) is 6.14. The highest BCUT2D eigenvalue weighted by Crippen LogP contribution is 2.16. The van der Waals surface area contributed by atoms with E-state index in [0.717, 1.165) is 31.7 Å². The minimum absolute atomic E-state index is 0.212. The number of nitrogens with zero attached hydrogens (tertiary/aromatic N) is 2. The van der Waals surface area contributed by atoms with Gasteiger partial charge in [0.25, 0.3) is 0 Å². The van der Waals surface area contributed by atoms with Crippen LogP contribution < -0.4 is 0 Å². The minimum atomic E-state index is -0.212. The van der Waals surface area contributed by atoms with Crippen molar-refractivity contribution in [2.75, 3.05) is 33.2 Å². The molecule has 2 aromatic rings. The first kappa shape index (κ1) is 13.9. The fraction of sp³-hybridized carbons (Fsp3) is 0.353. The van der Waals surface area contributed by atoms with Gasteiger partial charge in [-0.1, -0.05) is 36.4 Å². The Morgan fingerprint density at radius 1 is 1.05 bits per heavy atom. The van der Waals surface area contributed by atoms with E-state index in [9.17, 15) is 4.79 Å². The molecule has 1 fully saturated rings. The number of fused-ring (bicyclic) bond motifs is 1. The zero-order valence-electron chi connectivity index (χ0n) is 12.3. The van der Waals surface area contributed by atoms with Crippen molar-refractivity contribution in [1.29, 1.82) is 0 Å². The number of piperazine rings is 1. The molecular formula is C17H20N2O2. The molecule has 3 rings (SSSR count). The summed E-state index contributed by atoms with van der Waals surface area (Å²) in [4.78, 5) is 16.0. The molecule has 1 saturated heterocycles. The summed E-state index contributed by atoms with van der Waals surface area (Å²) in [7, 11) is 2.07. The average molecular weight is 284 g/mol. The lowest BCUT2D eigenvalue weighted by Crippen LogP contribution is -2.47. The van der Waals surface area contributed by atoms with E-state index in [1.54, 1.807) is 4.90 Å². The van der Waals surface area contributed by atoms with E-state index in [-0.39, 0.29) is 6.09 Å². The lowest BCUT2D eigenvalue weighted by Gasteiger charge is -2.31. The lowest BCUT2D eigenvalue weighted by molar-refractivity contribution is 0.0769. The zero-order valence-corrected chi connectivity index (χ0v) is 12.3. The Morgan fingerprint density at radius 2 is 1.76 bits per heavy atom. The highest BCUT2D eigenvalue weighted by Gasteiger charge is 2.19. The number of hydrogen-bond donors (Lipinski definition) is 0. The molecule has 1 amide bonds. The Balaban J connectivity index is 1.59. The molecule has 0 radical (unpaired) electrons. The third kappa shape index (κ3) is 3.34. The van der Waals surface area contributed by atoms with E-state index in [1.165, 1.54) is 10.8 Å². The van der Waals surface area contributed by atoms with Crippen molar-refractivity contribution in [3.63, 3.8) is 0 Å². The Labute approximate surface area is 124 Å². The van der Waals surface area contributed by atoms with Crippen LogP contribution in [0, 0.1) is 0 Å². The highest BCUT2D eigenvalue weighted by atomic mass is 16.6. The van der Waals surface area contributed by atoms with Gasteiger partial charge in [-0.15, -0.1) is 0 Å². The molecule has 0 bridgehead atoms. The van der Waals surface area contributed by atoms with Crippen LogP contribution in [-0.4, -0.2) is 49.1 Å². The second-order valence-electron chi connectivity index (χ2n) is 5.53. The lowest BCUT2D eigenvalue weighted by atomic mass is 10.1. The van der Waals surface area contributed by atoms with Gasteiger partial charge in [-0.25, -0.2) is 4.79 Å². The van der Waals surface area contributed by atoms with Crippen LogP contribution in [0.1, 0.15) is 5.56 Å². The van der Waals surface area contributed by atoms with Crippen LogP contribution in [0.15, 0.2) is 42.5 Å². The summed E-state index contributed by atoms with van der Waals surface area (Å²) in [6, 6.07) is 14.3. The number of ether oxygens (including phenoxy) is 1. The number of hydrogen-bond acceptors (Lipinski definition) is 3. The van der Waals surface area contributed by atoms with Crippen molar-refractivity contribution in [3.05, 3.63) is 48.0 Å². The van der Waals surface area contributed by atoms with Gasteiger partial charge in [0.05, 0.1) is 0 Å². The van der Waals surface area contributed by atoms with Crippen LogP contribution in [0.25, 0.3) is 10.8 Å². The summed E-state index contributed by atoms with van der Waals surface area (Å²) in [5.41, 5.74) is 1.02. The third-order valence-corrected chi connectivity index (χ3v) is 3.94. The SMILES string of the molecule is CN1CCN(C(=O)OCc2ccc3ccccc3c2)CC1. The van der Waals surface area contributed by atoms with Gasteiger partial charge in [0.15, 0.2) is 0 Å². The Bertz CT molecular complexity index is 633. The van der Waals surface area contributed by atoms with Gasteiger partial charge in [-0.05, 0) is 29.4 Å². The molecule has 0 aliphatic carbocycles. The predicted octanol–water partition coefficient (Wildman–Crippen LogP) is 2.72. The number of rotatable bonds is 2. The molecular weight excluding hydrogens is 264 g/mol. The molecule has 0 aromatic heterocycles. The minimum Gasteiger partial charge on any atom is -0.445 e. The Kier molecular flexibility index (Phi) is 4.06. The maximum absolute atomic E-state index is 12.0. The number of benzene rings is 2. The Hall–Kier alpha value is -2.07. The molecule has 0 atom stereocenters. The van der Waals surface area contributed by atoms with Crippen molar-refractivity contribution in [2.24, 2.45) is 0 Å². The van der Waals surface area contributed by atoms with Crippen LogP contribution in [-0.2, 0) is 11.3 Å². The van der Waals surface area contributed by atoms with Crippen LogP contribution in [0.3, 0.4) is 0 Å². The molecule has 0 N–H and O–H groups in total. The molecule has 21 heavy (non-hydrogen) atoms. The maximum Gasteiger partial charge on any atom is 0.410 e. The topological polar surface area (TPSA) is 32.8 Å². The molecule has 2 aromatic carbocycles. The maximum atomic E-state index is 12.0. The van der Waals surface area contributed by atoms with Gasteiger partial charge in [-0.3, -0.25) is 0 Å². The molecule has 0 saturated carbocycles. The first-order valence-corrected chi connectivity index (χ1v) is 7.30. The smallest absolute Gasteiger partial charge is 0.410 e. The van der Waals surface area contributed by atoms with Crippen molar-refractivity contribution in [1.82, 2.24) is 9.80 Å². The fourth-order valence-corrected chi connectivity index (χ4v) is 2.55. The van der Waals surface area contributed by atoms with Gasteiger partial charge in [-0.2, -0.15) is 0 Å². The Morgan fingerprint density at radius 3 is 2.52 bits per heavy atom. The monoisotopic (exact) mass is 284 g/mol. The summed E-state index contributed by atoms with van der Waals surface area (Å²) in [6.45, 7) is 3.63. The van der Waals surface area contributed by atoms with Crippen molar-refractivity contribution in [3.8, 4) is 0 Å². The number of carbonyl (C=O) groups excluding carboxylic acids is 1. The van der Waals surface area contributed by atoms with Crippen LogP contribution in [0.4, 0.5) is 4.79 Å². The van der Waals surface area contributed by atoms with Gasteiger partial charge in [0.2, 0.25) is 0 Å². The van der Waals surface area contributed by atoms with E-state index in [0.29, 0.717) is 6.61 Å². The van der Waals surface area contributed by atoms with Gasteiger partial charge in [0.1, 0.15) is 6.61 Å². The molecule has 1 aliphatic rings. The summed E-state index contributed by atoms with van der Waals surface area (Å²) in [6.07, 6.45) is -0.212. The van der Waals surface area contributed by atoms with Gasteiger partial charge >= 0.3 is 6.09 Å². The third-order valence-electron chi connectivity index (χ3n) is 3.94. The standard InChI is InChI=1S/C17H20N2O2/c1-18-8-10-19(11-9-18)17(20)21-13-14-6-7-15-4-2-3-5-16(15)12-14/h2-7,12H,8-11,13H2,1H3. The predicted molar refractivity (Wildman–Crippen MR) is 83.2 cm³/mol. The molecule has 0 spiro atoms. The average Bonchev–Trinajstić information content (AvgIpc) is 2.53. The largest absolute Gasteiger partial charge is 0.445 e. The molecule has 0 unspecified atom stereocenters. The summed E-state index contributed by atoms with van der Waals surface area (Å²) in [5, 5.41) is 2.37. The first-order chi connectivity index (χ1) is 10.2. The molecule has 4 nitrogen and oxygen atoms in total. The fourth-order valence-electron chi connectivity index (χ4n) is 2.55. The van der Waals surface area contributed by atoms with E-state index < -0.39 is 0 Å². The van der Waals surface area contributed by atoms with Crippen molar-refractivity contribution >= 4 is 16.9 Å². The van der Waals surface area contributed by atoms with Crippen LogP contribution in [0.5, 0.6) is 0 Å².